The summed E-state index contributed by atoms with van der Waals surface area (Å²) in [5.74, 6) is 0.273. The highest BCUT2D eigenvalue weighted by molar-refractivity contribution is 5.81. The van der Waals surface area contributed by atoms with Gasteiger partial charge in [-0.2, -0.15) is 0 Å². The number of oxime groups is 1. The van der Waals surface area contributed by atoms with Gasteiger partial charge < -0.3 is 16.3 Å². The first-order valence-corrected chi connectivity index (χ1v) is 4.60. The number of fused-ring (bicyclic) bond motifs is 1. The second kappa shape index (κ2) is 3.57. The van der Waals surface area contributed by atoms with E-state index < -0.39 is 0 Å². The van der Waals surface area contributed by atoms with E-state index >= 15 is 0 Å². The van der Waals surface area contributed by atoms with Crippen molar-refractivity contribution in [2.75, 3.05) is 5.32 Å². The van der Waals surface area contributed by atoms with E-state index in [9.17, 15) is 0 Å². The molecule has 0 aliphatic carbocycles. The predicted molar refractivity (Wildman–Crippen MR) is 55.6 cm³/mol. The van der Waals surface area contributed by atoms with Gasteiger partial charge in [-0.3, -0.25) is 0 Å². The largest absolute Gasteiger partial charge is 0.409 e. The summed E-state index contributed by atoms with van der Waals surface area (Å²) in [4.78, 5) is 0. The molecule has 0 radical (unpaired) electrons. The molecule has 1 aliphatic heterocycles. The minimum atomic E-state index is 0.253. The van der Waals surface area contributed by atoms with Crippen LogP contribution >= 0.6 is 0 Å². The maximum absolute atomic E-state index is 8.45. The van der Waals surface area contributed by atoms with Crippen molar-refractivity contribution >= 4 is 11.5 Å². The van der Waals surface area contributed by atoms with E-state index in [0.717, 1.165) is 12.1 Å². The second-order valence-electron chi connectivity index (χ2n) is 3.50. The summed E-state index contributed by atoms with van der Waals surface area (Å²) < 4.78 is 0. The van der Waals surface area contributed by atoms with Crippen molar-refractivity contribution in [3.8, 4) is 0 Å². The first-order valence-electron chi connectivity index (χ1n) is 4.60. The van der Waals surface area contributed by atoms with Crippen molar-refractivity contribution in [3.63, 3.8) is 0 Å². The Hall–Kier alpha value is -1.71. The SMILES string of the molecule is N/C(CC1Cc2ccccc2N1)=N\O. The molecule has 0 fully saturated rings. The average molecular weight is 191 g/mol. The van der Waals surface area contributed by atoms with Crippen molar-refractivity contribution in [3.05, 3.63) is 29.8 Å². The molecule has 4 nitrogen and oxygen atoms in total. The molecule has 1 aliphatic rings. The number of amidine groups is 1. The Morgan fingerprint density at radius 2 is 2.36 bits per heavy atom. The lowest BCUT2D eigenvalue weighted by Gasteiger charge is -2.08. The first kappa shape index (κ1) is 8.87. The normalized spacial score (nSPS) is 20.3. The van der Waals surface area contributed by atoms with Crippen LogP contribution < -0.4 is 11.1 Å². The lowest BCUT2D eigenvalue weighted by molar-refractivity contribution is 0.316. The van der Waals surface area contributed by atoms with Crippen LogP contribution in [0.2, 0.25) is 0 Å². The molecule has 14 heavy (non-hydrogen) atoms. The van der Waals surface area contributed by atoms with Gasteiger partial charge in [0.15, 0.2) is 0 Å². The number of para-hydroxylation sites is 1. The molecule has 0 saturated heterocycles. The van der Waals surface area contributed by atoms with Crippen LogP contribution in [-0.2, 0) is 6.42 Å². The van der Waals surface area contributed by atoms with Crippen LogP contribution in [0.25, 0.3) is 0 Å². The highest BCUT2D eigenvalue weighted by atomic mass is 16.4. The Kier molecular flexibility index (Phi) is 2.26. The molecule has 1 atom stereocenters. The first-order chi connectivity index (χ1) is 6.79. The van der Waals surface area contributed by atoms with E-state index in [1.165, 1.54) is 5.56 Å². The number of rotatable bonds is 2. The van der Waals surface area contributed by atoms with Crippen LogP contribution in [0.5, 0.6) is 0 Å². The highest BCUT2D eigenvalue weighted by Gasteiger charge is 2.20. The van der Waals surface area contributed by atoms with Crippen LogP contribution in [0, 0.1) is 0 Å². The van der Waals surface area contributed by atoms with E-state index in [1.54, 1.807) is 0 Å². The topological polar surface area (TPSA) is 70.6 Å². The van der Waals surface area contributed by atoms with E-state index in [-0.39, 0.29) is 11.9 Å². The minimum absolute atomic E-state index is 0.253. The van der Waals surface area contributed by atoms with Gasteiger partial charge in [0.05, 0.1) is 0 Å². The van der Waals surface area contributed by atoms with Crippen molar-refractivity contribution < 1.29 is 5.21 Å². The summed E-state index contributed by atoms with van der Waals surface area (Å²) in [6.45, 7) is 0. The van der Waals surface area contributed by atoms with Crippen molar-refractivity contribution in [1.29, 1.82) is 0 Å². The fourth-order valence-electron chi connectivity index (χ4n) is 1.79. The summed E-state index contributed by atoms with van der Waals surface area (Å²) in [5, 5.41) is 14.7. The molecule has 4 heteroatoms. The molecule has 1 aromatic carbocycles. The molecule has 4 N–H and O–H groups in total. The Morgan fingerprint density at radius 3 is 3.07 bits per heavy atom. The van der Waals surface area contributed by atoms with Gasteiger partial charge in [-0.05, 0) is 18.1 Å². The maximum atomic E-state index is 8.45. The zero-order valence-corrected chi connectivity index (χ0v) is 7.77. The van der Waals surface area contributed by atoms with E-state index in [4.69, 9.17) is 10.9 Å². The van der Waals surface area contributed by atoms with E-state index in [1.807, 2.05) is 18.2 Å². The number of hydrogen-bond donors (Lipinski definition) is 3. The zero-order valence-electron chi connectivity index (χ0n) is 7.77. The van der Waals surface area contributed by atoms with Gasteiger partial charge in [0, 0.05) is 18.2 Å². The number of nitrogens with one attached hydrogen (secondary N) is 1. The zero-order chi connectivity index (χ0) is 9.97. The highest BCUT2D eigenvalue weighted by Crippen LogP contribution is 2.26. The Labute approximate surface area is 82.4 Å². The molecular weight excluding hydrogens is 178 g/mol. The molecule has 1 aromatic rings. The molecule has 0 saturated carbocycles. The molecular formula is C10H13N3O. The Balaban J connectivity index is 2.05. The van der Waals surface area contributed by atoms with Crippen molar-refractivity contribution in [2.45, 2.75) is 18.9 Å². The molecule has 1 heterocycles. The van der Waals surface area contributed by atoms with E-state index in [2.05, 4.69) is 16.5 Å². The molecule has 0 aromatic heterocycles. The number of nitrogens with two attached hydrogens (primary N) is 1. The van der Waals surface area contributed by atoms with Crippen molar-refractivity contribution in [1.82, 2.24) is 0 Å². The lowest BCUT2D eigenvalue weighted by Crippen LogP contribution is -2.24. The number of hydrogen-bond acceptors (Lipinski definition) is 3. The summed E-state index contributed by atoms with van der Waals surface area (Å²) >= 11 is 0. The third-order valence-electron chi connectivity index (χ3n) is 2.43. The Morgan fingerprint density at radius 1 is 1.57 bits per heavy atom. The van der Waals surface area contributed by atoms with Crippen LogP contribution in [0.1, 0.15) is 12.0 Å². The summed E-state index contributed by atoms with van der Waals surface area (Å²) in [7, 11) is 0. The average Bonchev–Trinajstić information content (AvgIpc) is 2.59. The number of benzene rings is 1. The van der Waals surface area contributed by atoms with Gasteiger partial charge in [-0.25, -0.2) is 0 Å². The second-order valence-corrected chi connectivity index (χ2v) is 3.50. The summed E-state index contributed by atoms with van der Waals surface area (Å²) in [5.41, 5.74) is 7.90. The van der Waals surface area contributed by atoms with Gasteiger partial charge in [0.2, 0.25) is 0 Å². The number of nitrogens with zero attached hydrogens (tertiary/aromatic N) is 1. The standard InChI is InChI=1S/C10H13N3O/c11-10(13-14)6-8-5-7-3-1-2-4-9(7)12-8/h1-4,8,12,14H,5-6H2,(H2,11,13). The Bertz CT molecular complexity index is 337. The minimum Gasteiger partial charge on any atom is -0.409 e. The molecule has 74 valence electrons. The lowest BCUT2D eigenvalue weighted by atomic mass is 10.1. The monoisotopic (exact) mass is 191 g/mol. The van der Waals surface area contributed by atoms with Gasteiger partial charge in [-0.1, -0.05) is 23.4 Å². The molecule has 0 amide bonds. The maximum Gasteiger partial charge on any atom is 0.141 e. The van der Waals surface area contributed by atoms with Crippen LogP contribution in [0.4, 0.5) is 5.69 Å². The van der Waals surface area contributed by atoms with Crippen LogP contribution in [0.15, 0.2) is 29.4 Å². The fourth-order valence-corrected chi connectivity index (χ4v) is 1.79. The molecule has 0 spiro atoms. The summed E-state index contributed by atoms with van der Waals surface area (Å²) in [6.07, 6.45) is 1.51. The fraction of sp³-hybridized carbons (Fsp3) is 0.300. The summed E-state index contributed by atoms with van der Waals surface area (Å²) in [6, 6.07) is 8.41. The molecule has 2 rings (SSSR count). The number of anilines is 1. The van der Waals surface area contributed by atoms with Gasteiger partial charge >= 0.3 is 0 Å². The quantitative estimate of drug-likeness (QED) is 0.284. The smallest absolute Gasteiger partial charge is 0.141 e. The van der Waals surface area contributed by atoms with Gasteiger partial charge in [0.25, 0.3) is 0 Å². The van der Waals surface area contributed by atoms with Crippen LogP contribution in [-0.4, -0.2) is 17.1 Å². The van der Waals surface area contributed by atoms with Gasteiger partial charge in [-0.15, -0.1) is 0 Å². The van der Waals surface area contributed by atoms with Crippen molar-refractivity contribution in [2.24, 2.45) is 10.9 Å². The third kappa shape index (κ3) is 1.64. The van der Waals surface area contributed by atoms with E-state index in [0.29, 0.717) is 6.42 Å². The third-order valence-corrected chi connectivity index (χ3v) is 2.43. The predicted octanol–water partition coefficient (Wildman–Crippen LogP) is 1.16. The van der Waals surface area contributed by atoms with Gasteiger partial charge in [0.1, 0.15) is 5.84 Å². The van der Waals surface area contributed by atoms with Crippen LogP contribution in [0.3, 0.4) is 0 Å². The molecule has 1 unspecified atom stereocenters. The molecule has 0 bridgehead atoms.